The number of nitrogens with zero attached hydrogens (tertiary/aromatic N) is 1. The summed E-state index contributed by atoms with van der Waals surface area (Å²) >= 11 is 0. The van der Waals surface area contributed by atoms with Crippen LogP contribution in [0, 0.1) is 11.8 Å². The fourth-order valence-corrected chi connectivity index (χ4v) is 2.01. The Bertz CT molecular complexity index is 185. The lowest BCUT2D eigenvalue weighted by Crippen LogP contribution is -2.50. The SMILES string of the molecule is CCCCC[C@H](C)C(=O)N1CC(C)C1. The van der Waals surface area contributed by atoms with Gasteiger partial charge in [0.05, 0.1) is 0 Å². The van der Waals surface area contributed by atoms with Crippen LogP contribution in [0.5, 0.6) is 0 Å². The average Bonchev–Trinajstić information content (AvgIpc) is 2.12. The molecule has 1 heterocycles. The first-order chi connectivity index (χ1) is 6.65. The zero-order valence-corrected chi connectivity index (χ0v) is 9.75. The lowest BCUT2D eigenvalue weighted by Gasteiger charge is -2.38. The summed E-state index contributed by atoms with van der Waals surface area (Å²) in [7, 11) is 0. The van der Waals surface area contributed by atoms with E-state index < -0.39 is 0 Å². The second-order valence-electron chi connectivity index (χ2n) is 4.75. The predicted octanol–water partition coefficient (Wildman–Crippen LogP) is 2.68. The van der Waals surface area contributed by atoms with Crippen molar-refractivity contribution in [1.29, 1.82) is 0 Å². The van der Waals surface area contributed by atoms with E-state index in [1.165, 1.54) is 19.3 Å². The number of carbonyl (C=O) groups is 1. The number of hydrogen-bond acceptors (Lipinski definition) is 1. The van der Waals surface area contributed by atoms with Crippen LogP contribution < -0.4 is 0 Å². The van der Waals surface area contributed by atoms with Gasteiger partial charge in [0.25, 0.3) is 0 Å². The second-order valence-corrected chi connectivity index (χ2v) is 4.75. The first kappa shape index (κ1) is 11.5. The Kier molecular flexibility index (Phi) is 4.43. The van der Waals surface area contributed by atoms with E-state index in [2.05, 4.69) is 20.8 Å². The standard InChI is InChI=1S/C12H23NO/c1-4-5-6-7-11(3)12(14)13-8-10(2)9-13/h10-11H,4-9H2,1-3H3/t11-/m0/s1. The van der Waals surface area contributed by atoms with Gasteiger partial charge in [0.1, 0.15) is 0 Å². The van der Waals surface area contributed by atoms with Crippen molar-refractivity contribution < 1.29 is 4.79 Å². The zero-order valence-electron chi connectivity index (χ0n) is 9.75. The number of likely N-dealkylation sites (tertiary alicyclic amines) is 1. The van der Waals surface area contributed by atoms with Crippen LogP contribution in [-0.4, -0.2) is 23.9 Å². The highest BCUT2D eigenvalue weighted by molar-refractivity contribution is 5.79. The molecular formula is C12H23NO. The minimum absolute atomic E-state index is 0.244. The van der Waals surface area contributed by atoms with Crippen molar-refractivity contribution in [2.45, 2.75) is 46.5 Å². The molecule has 1 amide bonds. The van der Waals surface area contributed by atoms with Crippen LogP contribution in [0.15, 0.2) is 0 Å². The molecule has 1 atom stereocenters. The molecule has 1 aliphatic rings. The molecule has 0 N–H and O–H groups in total. The molecule has 14 heavy (non-hydrogen) atoms. The Hall–Kier alpha value is -0.530. The Morgan fingerprint density at radius 1 is 1.43 bits per heavy atom. The van der Waals surface area contributed by atoms with Gasteiger partial charge in [-0.05, 0) is 12.3 Å². The van der Waals surface area contributed by atoms with E-state index >= 15 is 0 Å². The van der Waals surface area contributed by atoms with E-state index in [9.17, 15) is 4.79 Å². The monoisotopic (exact) mass is 197 g/mol. The molecule has 1 rings (SSSR count). The van der Waals surface area contributed by atoms with Gasteiger partial charge in [0, 0.05) is 19.0 Å². The highest BCUT2D eigenvalue weighted by Crippen LogP contribution is 2.20. The fourth-order valence-electron chi connectivity index (χ4n) is 2.01. The third-order valence-corrected chi connectivity index (χ3v) is 3.04. The van der Waals surface area contributed by atoms with Crippen molar-refractivity contribution in [3.05, 3.63) is 0 Å². The molecule has 0 aromatic heterocycles. The maximum absolute atomic E-state index is 11.8. The van der Waals surface area contributed by atoms with Gasteiger partial charge in [-0.15, -0.1) is 0 Å². The first-order valence-electron chi connectivity index (χ1n) is 5.94. The molecule has 0 aromatic rings. The molecule has 2 heteroatoms. The van der Waals surface area contributed by atoms with E-state index in [0.29, 0.717) is 5.91 Å². The molecule has 0 saturated carbocycles. The topological polar surface area (TPSA) is 20.3 Å². The van der Waals surface area contributed by atoms with Gasteiger partial charge in [0.15, 0.2) is 0 Å². The van der Waals surface area contributed by atoms with Crippen molar-refractivity contribution in [2.24, 2.45) is 11.8 Å². The van der Waals surface area contributed by atoms with E-state index in [0.717, 1.165) is 25.4 Å². The van der Waals surface area contributed by atoms with Crippen LogP contribution in [0.4, 0.5) is 0 Å². The lowest BCUT2D eigenvalue weighted by molar-refractivity contribution is -0.141. The van der Waals surface area contributed by atoms with E-state index in [1.54, 1.807) is 0 Å². The summed E-state index contributed by atoms with van der Waals surface area (Å²) in [6.07, 6.45) is 4.76. The summed E-state index contributed by atoms with van der Waals surface area (Å²) in [6.45, 7) is 8.43. The van der Waals surface area contributed by atoms with Gasteiger partial charge < -0.3 is 4.90 Å². The third kappa shape index (κ3) is 3.00. The molecule has 1 fully saturated rings. The molecule has 82 valence electrons. The number of unbranched alkanes of at least 4 members (excludes halogenated alkanes) is 2. The first-order valence-corrected chi connectivity index (χ1v) is 5.94. The van der Waals surface area contributed by atoms with Crippen LogP contribution in [0.25, 0.3) is 0 Å². The highest BCUT2D eigenvalue weighted by Gasteiger charge is 2.29. The van der Waals surface area contributed by atoms with Crippen molar-refractivity contribution in [2.75, 3.05) is 13.1 Å². The van der Waals surface area contributed by atoms with Crippen molar-refractivity contribution >= 4 is 5.91 Å². The van der Waals surface area contributed by atoms with Gasteiger partial charge in [-0.25, -0.2) is 0 Å². The van der Waals surface area contributed by atoms with Crippen LogP contribution >= 0.6 is 0 Å². The molecule has 0 spiro atoms. The molecule has 0 aromatic carbocycles. The molecule has 1 saturated heterocycles. The van der Waals surface area contributed by atoms with E-state index in [4.69, 9.17) is 0 Å². The number of rotatable bonds is 5. The van der Waals surface area contributed by atoms with Gasteiger partial charge in [-0.3, -0.25) is 4.79 Å². The van der Waals surface area contributed by atoms with Gasteiger partial charge in [-0.2, -0.15) is 0 Å². The highest BCUT2D eigenvalue weighted by atomic mass is 16.2. The summed E-state index contributed by atoms with van der Waals surface area (Å²) in [5.74, 6) is 1.34. The minimum Gasteiger partial charge on any atom is -0.342 e. The van der Waals surface area contributed by atoms with Crippen molar-refractivity contribution in [3.63, 3.8) is 0 Å². The van der Waals surface area contributed by atoms with Crippen LogP contribution in [0.2, 0.25) is 0 Å². The molecule has 0 bridgehead atoms. The summed E-state index contributed by atoms with van der Waals surface area (Å²) < 4.78 is 0. The smallest absolute Gasteiger partial charge is 0.225 e. The Morgan fingerprint density at radius 2 is 2.07 bits per heavy atom. The fraction of sp³-hybridized carbons (Fsp3) is 0.917. The normalized spacial score (nSPS) is 19.2. The van der Waals surface area contributed by atoms with Gasteiger partial charge in [-0.1, -0.05) is 40.0 Å². The Morgan fingerprint density at radius 3 is 2.57 bits per heavy atom. The van der Waals surface area contributed by atoms with Gasteiger partial charge >= 0.3 is 0 Å². The Balaban J connectivity index is 2.16. The number of amides is 1. The summed E-state index contributed by atoms with van der Waals surface area (Å²) in [4.78, 5) is 13.8. The second kappa shape index (κ2) is 5.38. The van der Waals surface area contributed by atoms with Crippen LogP contribution in [0.1, 0.15) is 46.5 Å². The van der Waals surface area contributed by atoms with Crippen molar-refractivity contribution in [3.8, 4) is 0 Å². The summed E-state index contributed by atoms with van der Waals surface area (Å²) in [5, 5.41) is 0. The quantitative estimate of drug-likeness (QED) is 0.620. The van der Waals surface area contributed by atoms with Crippen LogP contribution in [-0.2, 0) is 4.79 Å². The molecule has 0 unspecified atom stereocenters. The molecule has 1 aliphatic heterocycles. The third-order valence-electron chi connectivity index (χ3n) is 3.04. The summed E-state index contributed by atoms with van der Waals surface area (Å²) in [6, 6.07) is 0. The molecule has 2 nitrogen and oxygen atoms in total. The molecule has 0 radical (unpaired) electrons. The maximum atomic E-state index is 11.8. The molecule has 0 aliphatic carbocycles. The van der Waals surface area contributed by atoms with Crippen molar-refractivity contribution in [1.82, 2.24) is 4.90 Å². The average molecular weight is 197 g/mol. The van der Waals surface area contributed by atoms with E-state index in [-0.39, 0.29) is 5.92 Å². The van der Waals surface area contributed by atoms with E-state index in [1.807, 2.05) is 4.90 Å². The Labute approximate surface area is 87.7 Å². The summed E-state index contributed by atoms with van der Waals surface area (Å²) in [5.41, 5.74) is 0. The zero-order chi connectivity index (χ0) is 10.6. The lowest BCUT2D eigenvalue weighted by atomic mass is 9.96. The maximum Gasteiger partial charge on any atom is 0.225 e. The number of carbonyl (C=O) groups excluding carboxylic acids is 1. The largest absolute Gasteiger partial charge is 0.342 e. The number of hydrogen-bond donors (Lipinski definition) is 0. The predicted molar refractivity (Wildman–Crippen MR) is 59.1 cm³/mol. The minimum atomic E-state index is 0.244. The molecular weight excluding hydrogens is 174 g/mol. The van der Waals surface area contributed by atoms with Crippen LogP contribution in [0.3, 0.4) is 0 Å². The van der Waals surface area contributed by atoms with Gasteiger partial charge in [0.2, 0.25) is 5.91 Å².